The van der Waals surface area contributed by atoms with Crippen molar-refractivity contribution in [1.29, 1.82) is 5.26 Å². The van der Waals surface area contributed by atoms with Crippen LogP contribution in [0.2, 0.25) is 0 Å². The number of urea groups is 1. The van der Waals surface area contributed by atoms with Crippen LogP contribution in [0.5, 0.6) is 0 Å². The summed E-state index contributed by atoms with van der Waals surface area (Å²) in [7, 11) is -3.86. The van der Waals surface area contributed by atoms with Crippen LogP contribution in [0, 0.1) is 11.3 Å². The summed E-state index contributed by atoms with van der Waals surface area (Å²) in [5.74, 6) is 0. The van der Waals surface area contributed by atoms with Crippen molar-refractivity contribution in [2.24, 2.45) is 0 Å². The van der Waals surface area contributed by atoms with Gasteiger partial charge in [0.2, 0.25) is 0 Å². The van der Waals surface area contributed by atoms with Gasteiger partial charge in [-0.1, -0.05) is 12.1 Å². The van der Waals surface area contributed by atoms with Crippen molar-refractivity contribution < 1.29 is 13.2 Å². The van der Waals surface area contributed by atoms with E-state index in [1.807, 2.05) is 6.07 Å². The molecule has 0 spiro atoms. The van der Waals surface area contributed by atoms with Crippen LogP contribution in [0.4, 0.5) is 16.2 Å². The average molecular weight is 342 g/mol. The first-order valence-corrected chi connectivity index (χ1v) is 8.67. The average Bonchev–Trinajstić information content (AvgIpc) is 3.01. The molecule has 0 bridgehead atoms. The number of nitrogens with zero attached hydrogens (tertiary/aromatic N) is 2. The lowest BCUT2D eigenvalue weighted by Gasteiger charge is -2.15. The van der Waals surface area contributed by atoms with Crippen molar-refractivity contribution in [2.75, 3.05) is 22.7 Å². The van der Waals surface area contributed by atoms with E-state index in [-0.39, 0.29) is 16.5 Å². The Hall–Kier alpha value is -3.05. The van der Waals surface area contributed by atoms with Gasteiger partial charge >= 0.3 is 6.03 Å². The van der Waals surface area contributed by atoms with E-state index in [4.69, 9.17) is 5.26 Å². The Labute approximate surface area is 139 Å². The number of nitrogens with one attached hydrogen (secondary N) is 2. The number of carbonyl (C=O) groups is 1. The van der Waals surface area contributed by atoms with Crippen LogP contribution in [0.25, 0.3) is 0 Å². The van der Waals surface area contributed by atoms with Gasteiger partial charge in [0.05, 0.1) is 5.56 Å². The van der Waals surface area contributed by atoms with Crippen molar-refractivity contribution in [3.05, 3.63) is 54.1 Å². The van der Waals surface area contributed by atoms with Crippen molar-refractivity contribution in [3.8, 4) is 6.07 Å². The number of carbonyl (C=O) groups excluding carboxylic acids is 1. The van der Waals surface area contributed by atoms with Crippen LogP contribution >= 0.6 is 0 Å². The number of anilines is 2. The summed E-state index contributed by atoms with van der Waals surface area (Å²) in [5.41, 5.74) is 1.12. The third kappa shape index (κ3) is 3.02. The third-order valence-electron chi connectivity index (χ3n) is 3.59. The molecule has 24 heavy (non-hydrogen) atoms. The first-order chi connectivity index (χ1) is 11.5. The first kappa shape index (κ1) is 15.8. The molecule has 1 aliphatic heterocycles. The number of amides is 2. The van der Waals surface area contributed by atoms with Gasteiger partial charge in [0.15, 0.2) is 0 Å². The van der Waals surface area contributed by atoms with Crippen molar-refractivity contribution >= 4 is 27.4 Å². The summed E-state index contributed by atoms with van der Waals surface area (Å²) >= 11 is 0. The minimum Gasteiger partial charge on any atom is -0.336 e. The van der Waals surface area contributed by atoms with E-state index in [2.05, 4.69) is 10.0 Å². The Morgan fingerprint density at radius 1 is 1.12 bits per heavy atom. The van der Waals surface area contributed by atoms with Crippen molar-refractivity contribution in [3.63, 3.8) is 0 Å². The minimum absolute atomic E-state index is 0.0736. The van der Waals surface area contributed by atoms with Crippen LogP contribution < -0.4 is 14.9 Å². The molecule has 0 atom stereocenters. The number of hydrogen-bond acceptors (Lipinski definition) is 4. The lowest BCUT2D eigenvalue weighted by molar-refractivity contribution is 0.252. The normalized spacial score (nSPS) is 14.1. The van der Waals surface area contributed by atoms with Gasteiger partial charge in [-0.2, -0.15) is 5.26 Å². The molecule has 122 valence electrons. The monoisotopic (exact) mass is 342 g/mol. The quantitative estimate of drug-likeness (QED) is 0.885. The van der Waals surface area contributed by atoms with Gasteiger partial charge in [0, 0.05) is 24.5 Å². The Morgan fingerprint density at radius 2 is 1.83 bits per heavy atom. The van der Waals surface area contributed by atoms with Crippen molar-refractivity contribution in [1.82, 2.24) is 5.32 Å². The fourth-order valence-electron chi connectivity index (χ4n) is 2.43. The number of sulfonamides is 1. The fourth-order valence-corrected chi connectivity index (χ4v) is 3.65. The molecule has 0 unspecified atom stereocenters. The van der Waals surface area contributed by atoms with Crippen molar-refractivity contribution in [2.45, 2.75) is 4.90 Å². The topological polar surface area (TPSA) is 102 Å². The highest BCUT2D eigenvalue weighted by Crippen LogP contribution is 2.23. The molecule has 3 rings (SSSR count). The summed E-state index contributed by atoms with van der Waals surface area (Å²) in [4.78, 5) is 13.1. The van der Waals surface area contributed by atoms with E-state index in [1.54, 1.807) is 41.3 Å². The summed E-state index contributed by atoms with van der Waals surface area (Å²) in [6, 6.07) is 14.2. The summed E-state index contributed by atoms with van der Waals surface area (Å²) in [5, 5.41) is 11.7. The van der Waals surface area contributed by atoms with E-state index in [0.717, 1.165) is 0 Å². The van der Waals surface area contributed by atoms with Crippen LogP contribution in [-0.4, -0.2) is 27.5 Å². The highest BCUT2D eigenvalue weighted by Gasteiger charge is 2.22. The predicted octanol–water partition coefficient (Wildman–Crippen LogP) is 1.89. The Morgan fingerprint density at radius 3 is 2.46 bits per heavy atom. The summed E-state index contributed by atoms with van der Waals surface area (Å²) in [6.45, 7) is 1.15. The Kier molecular flexibility index (Phi) is 4.10. The smallest absolute Gasteiger partial charge is 0.321 e. The molecule has 1 saturated heterocycles. The Bertz CT molecular complexity index is 917. The molecule has 8 heteroatoms. The third-order valence-corrected chi connectivity index (χ3v) is 5.02. The first-order valence-electron chi connectivity index (χ1n) is 7.19. The van der Waals surface area contributed by atoms with Gasteiger partial charge in [-0.25, -0.2) is 13.2 Å². The van der Waals surface area contributed by atoms with Gasteiger partial charge in [-0.15, -0.1) is 0 Å². The molecule has 2 N–H and O–H groups in total. The van der Waals surface area contributed by atoms with Crippen LogP contribution in [0.15, 0.2) is 53.4 Å². The van der Waals surface area contributed by atoms with E-state index in [9.17, 15) is 13.2 Å². The number of nitriles is 1. The lowest BCUT2D eigenvalue weighted by atomic mass is 10.2. The van der Waals surface area contributed by atoms with Crippen LogP contribution in [0.3, 0.4) is 0 Å². The zero-order valence-electron chi connectivity index (χ0n) is 12.6. The van der Waals surface area contributed by atoms with Gasteiger partial charge in [0.25, 0.3) is 10.0 Å². The molecule has 7 nitrogen and oxygen atoms in total. The molecule has 0 radical (unpaired) electrons. The van der Waals surface area contributed by atoms with Gasteiger partial charge in [0.1, 0.15) is 11.0 Å². The molecule has 1 heterocycles. The predicted molar refractivity (Wildman–Crippen MR) is 89.2 cm³/mol. The second-order valence-electron chi connectivity index (χ2n) is 5.14. The standard InChI is InChI=1S/C16H14N4O3S/c17-11-12-3-1-2-4-15(12)24(22,23)19-13-5-7-14(8-6-13)20-10-9-18-16(20)21/h1-8,19H,9-10H2,(H,18,21). The molecule has 1 aliphatic rings. The molecular formula is C16H14N4O3S. The van der Waals surface area contributed by atoms with E-state index >= 15 is 0 Å². The van der Waals surface area contributed by atoms with Gasteiger partial charge < -0.3 is 5.32 Å². The maximum atomic E-state index is 12.4. The number of benzene rings is 2. The molecule has 0 aromatic heterocycles. The fraction of sp³-hybridized carbons (Fsp3) is 0.125. The molecule has 2 aromatic rings. The highest BCUT2D eigenvalue weighted by atomic mass is 32.2. The second-order valence-corrected chi connectivity index (χ2v) is 6.79. The van der Waals surface area contributed by atoms with E-state index in [0.29, 0.717) is 24.5 Å². The van der Waals surface area contributed by atoms with Gasteiger partial charge in [-0.3, -0.25) is 9.62 Å². The minimum atomic E-state index is -3.86. The molecule has 0 saturated carbocycles. The van der Waals surface area contributed by atoms with E-state index in [1.165, 1.54) is 12.1 Å². The van der Waals surface area contributed by atoms with E-state index < -0.39 is 10.0 Å². The van der Waals surface area contributed by atoms with Gasteiger partial charge in [-0.05, 0) is 36.4 Å². The SMILES string of the molecule is N#Cc1ccccc1S(=O)(=O)Nc1ccc(N2CCNC2=O)cc1. The maximum Gasteiger partial charge on any atom is 0.321 e. The Balaban J connectivity index is 1.83. The molecular weight excluding hydrogens is 328 g/mol. The largest absolute Gasteiger partial charge is 0.336 e. The van der Waals surface area contributed by atoms with Crippen LogP contribution in [0.1, 0.15) is 5.56 Å². The zero-order chi connectivity index (χ0) is 17.2. The summed E-state index contributed by atoms with van der Waals surface area (Å²) < 4.78 is 27.3. The second kappa shape index (κ2) is 6.22. The summed E-state index contributed by atoms with van der Waals surface area (Å²) in [6.07, 6.45) is 0. The number of hydrogen-bond donors (Lipinski definition) is 2. The maximum absolute atomic E-state index is 12.4. The lowest BCUT2D eigenvalue weighted by Crippen LogP contribution is -2.27. The zero-order valence-corrected chi connectivity index (χ0v) is 13.4. The molecule has 0 aliphatic carbocycles. The molecule has 2 amide bonds. The number of rotatable bonds is 4. The molecule has 2 aromatic carbocycles. The van der Waals surface area contributed by atoms with Crippen LogP contribution in [-0.2, 0) is 10.0 Å². The highest BCUT2D eigenvalue weighted by molar-refractivity contribution is 7.92. The molecule has 1 fully saturated rings.